The van der Waals surface area contributed by atoms with Crippen molar-refractivity contribution in [1.29, 1.82) is 0 Å². The lowest BCUT2D eigenvalue weighted by molar-refractivity contribution is -0.141. The van der Waals surface area contributed by atoms with E-state index in [1.807, 2.05) is 0 Å². The number of halogens is 1. The third-order valence-corrected chi connectivity index (χ3v) is 12.2. The van der Waals surface area contributed by atoms with Crippen LogP contribution >= 0.6 is 0 Å². The molecule has 0 radical (unpaired) electrons. The van der Waals surface area contributed by atoms with Crippen LogP contribution in [0.3, 0.4) is 0 Å². The molecule has 1 aromatic rings. The van der Waals surface area contributed by atoms with Crippen LogP contribution in [0.5, 0.6) is 0 Å². The summed E-state index contributed by atoms with van der Waals surface area (Å²) in [6, 6.07) is 1.68. The third kappa shape index (κ3) is 8.31. The van der Waals surface area contributed by atoms with Gasteiger partial charge in [-0.25, -0.2) is 22.4 Å². The molecule has 4 fully saturated rings. The van der Waals surface area contributed by atoms with Gasteiger partial charge in [-0.05, 0) is 62.7 Å². The number of hydrogen-bond donors (Lipinski definition) is 4. The normalized spacial score (nSPS) is 25.4. The molecular weight excluding hydrogens is 715 g/mol. The molecule has 4 N–H and O–H groups in total. The highest BCUT2D eigenvalue weighted by molar-refractivity contribution is 7.91. The average Bonchev–Trinajstić information content (AvgIpc) is 3.92. The number of ether oxygens (including phenoxy) is 2. The van der Waals surface area contributed by atoms with Crippen molar-refractivity contribution in [2.45, 2.75) is 99.5 Å². The van der Waals surface area contributed by atoms with Gasteiger partial charge in [0.2, 0.25) is 27.7 Å². The Balaban J connectivity index is 1.22. The zero-order valence-electron chi connectivity index (χ0n) is 29.0. The zero-order chi connectivity index (χ0) is 38.1. The molecule has 2 heterocycles. The highest BCUT2D eigenvalue weighted by atomic mass is 32.2. The van der Waals surface area contributed by atoms with Crippen LogP contribution in [-0.4, -0.2) is 102 Å². The number of carbonyl (C=O) groups is 6. The molecule has 5 aliphatic rings. The van der Waals surface area contributed by atoms with Crippen molar-refractivity contribution in [3.8, 4) is 0 Å². The van der Waals surface area contributed by atoms with Crippen molar-refractivity contribution < 1.29 is 51.0 Å². The molecule has 0 unspecified atom stereocenters. The Morgan fingerprint density at radius 2 is 1.75 bits per heavy atom. The Morgan fingerprint density at radius 1 is 1.02 bits per heavy atom. The summed E-state index contributed by atoms with van der Waals surface area (Å²) in [5.74, 6) is -4.36. The van der Waals surface area contributed by atoms with Crippen molar-refractivity contribution in [3.63, 3.8) is 0 Å². The first-order valence-electron chi connectivity index (χ1n) is 17.6. The molecule has 6 rings (SSSR count). The van der Waals surface area contributed by atoms with Gasteiger partial charge in [-0.15, -0.1) is 6.58 Å². The van der Waals surface area contributed by atoms with E-state index in [0.29, 0.717) is 36.8 Å². The Morgan fingerprint density at radius 3 is 2.40 bits per heavy atom. The molecule has 0 aromatic heterocycles. The van der Waals surface area contributed by atoms with Gasteiger partial charge in [-0.1, -0.05) is 24.8 Å². The van der Waals surface area contributed by atoms with Crippen molar-refractivity contribution in [2.75, 3.05) is 13.1 Å². The smallest absolute Gasteiger partial charge is 0.410 e. The van der Waals surface area contributed by atoms with Gasteiger partial charge >= 0.3 is 12.2 Å². The van der Waals surface area contributed by atoms with Gasteiger partial charge in [0.15, 0.2) is 0 Å². The Bertz CT molecular complexity index is 1820. The SMILES string of the molecule is C=CC(=O)NC[C@H](NC(=O)OC1CCCC1)C(=O)N1C[C@H](OC(=O)N2Cc3cccc(F)c3C2)C[C@H]1C(=O)N[C@]1(C(=O)NS(=O)(=O)C2CC2)C[C@H]1C=C. The molecule has 3 aliphatic carbocycles. The topological polar surface area (TPSA) is 210 Å². The second-order valence-corrected chi connectivity index (χ2v) is 16.1. The summed E-state index contributed by atoms with van der Waals surface area (Å²) in [6.45, 7) is 6.37. The lowest BCUT2D eigenvalue weighted by Crippen LogP contribution is -2.59. The number of benzene rings is 1. The number of carbonyl (C=O) groups excluding carboxylic acids is 6. The summed E-state index contributed by atoms with van der Waals surface area (Å²) in [6.07, 6.45) is 2.90. The van der Waals surface area contributed by atoms with E-state index in [9.17, 15) is 41.6 Å². The van der Waals surface area contributed by atoms with E-state index in [0.717, 1.165) is 23.8 Å². The standard InChI is InChI=1S/C35H43FN6O10S/c1-3-21-15-35(21,32(46)40-53(49,50)24-12-13-24)39-30(44)28-14-23(52-34(48)41-17-20-8-7-11-26(36)25(20)19-41)18-42(28)31(45)27(16-37-29(43)4-2)38-33(47)51-22-9-5-6-10-22/h3-4,7-8,11,21-24,27-28H,1-2,5-6,9-10,12-19H2,(H,37,43)(H,38,47)(H,39,44)(H,40,46)/t21-,23-,27+,28+,35-/m1/s1. The van der Waals surface area contributed by atoms with Gasteiger partial charge in [0.1, 0.15) is 35.6 Å². The fraction of sp³-hybridized carbons (Fsp3) is 0.543. The van der Waals surface area contributed by atoms with Crippen LogP contribution in [0.1, 0.15) is 62.5 Å². The maximum Gasteiger partial charge on any atom is 0.410 e. The number of amides is 6. The van der Waals surface area contributed by atoms with Gasteiger partial charge in [0.05, 0.1) is 18.3 Å². The lowest BCUT2D eigenvalue weighted by atomic mass is 10.1. The van der Waals surface area contributed by atoms with E-state index in [4.69, 9.17) is 9.47 Å². The van der Waals surface area contributed by atoms with Crippen LogP contribution < -0.4 is 20.7 Å². The number of fused-ring (bicyclic) bond motifs is 1. The first-order valence-corrected chi connectivity index (χ1v) is 19.2. The zero-order valence-corrected chi connectivity index (χ0v) is 29.8. The summed E-state index contributed by atoms with van der Waals surface area (Å²) < 4.78 is 53.0. The van der Waals surface area contributed by atoms with Crippen LogP contribution in [0.15, 0.2) is 43.5 Å². The number of hydrogen-bond acceptors (Lipinski definition) is 10. The molecule has 0 bridgehead atoms. The summed E-state index contributed by atoms with van der Waals surface area (Å²) in [5.41, 5.74) is -0.717. The van der Waals surface area contributed by atoms with Crippen LogP contribution in [0.4, 0.5) is 14.0 Å². The number of nitrogens with zero attached hydrogens (tertiary/aromatic N) is 2. The van der Waals surface area contributed by atoms with Crippen LogP contribution in [0, 0.1) is 11.7 Å². The Kier molecular flexibility index (Phi) is 10.8. The molecule has 2 aliphatic heterocycles. The predicted octanol–water partition coefficient (Wildman–Crippen LogP) is 1.26. The van der Waals surface area contributed by atoms with Gasteiger partial charge < -0.3 is 30.3 Å². The Labute approximate surface area is 305 Å². The van der Waals surface area contributed by atoms with Gasteiger partial charge in [0, 0.05) is 31.0 Å². The first kappa shape index (κ1) is 37.7. The molecule has 286 valence electrons. The van der Waals surface area contributed by atoms with E-state index in [2.05, 4.69) is 33.8 Å². The minimum Gasteiger partial charge on any atom is -0.446 e. The van der Waals surface area contributed by atoms with E-state index in [1.54, 1.807) is 6.07 Å². The molecule has 3 saturated carbocycles. The molecule has 6 amide bonds. The fourth-order valence-corrected chi connectivity index (χ4v) is 8.49. The van der Waals surface area contributed by atoms with Gasteiger partial charge in [0.25, 0.3) is 5.91 Å². The van der Waals surface area contributed by atoms with Gasteiger partial charge in [-0.2, -0.15) is 0 Å². The summed E-state index contributed by atoms with van der Waals surface area (Å²) in [4.78, 5) is 82.4. The highest BCUT2D eigenvalue weighted by Crippen LogP contribution is 2.45. The molecule has 16 nitrogen and oxygen atoms in total. The predicted molar refractivity (Wildman–Crippen MR) is 184 cm³/mol. The van der Waals surface area contributed by atoms with E-state index < -0.39 is 93.1 Å². The highest BCUT2D eigenvalue weighted by Gasteiger charge is 2.62. The average molecular weight is 759 g/mol. The number of alkyl carbamates (subject to hydrolysis) is 1. The quantitative estimate of drug-likeness (QED) is 0.167. The van der Waals surface area contributed by atoms with Crippen molar-refractivity contribution >= 4 is 45.8 Å². The number of rotatable bonds is 13. The molecule has 5 atom stereocenters. The van der Waals surface area contributed by atoms with Crippen LogP contribution in [-0.2, 0) is 51.8 Å². The lowest BCUT2D eigenvalue weighted by Gasteiger charge is -2.30. The summed E-state index contributed by atoms with van der Waals surface area (Å²) >= 11 is 0. The molecule has 1 saturated heterocycles. The second kappa shape index (κ2) is 15.2. The minimum absolute atomic E-state index is 0.0458. The number of sulfonamides is 1. The first-order chi connectivity index (χ1) is 25.2. The number of nitrogens with one attached hydrogen (secondary N) is 4. The van der Waals surface area contributed by atoms with Gasteiger partial charge in [-0.3, -0.25) is 28.8 Å². The third-order valence-electron chi connectivity index (χ3n) is 10.4. The molecule has 1 aromatic carbocycles. The molecular formula is C35H43FN6O10S. The molecule has 0 spiro atoms. The van der Waals surface area contributed by atoms with E-state index >= 15 is 0 Å². The van der Waals surface area contributed by atoms with Crippen LogP contribution in [0.25, 0.3) is 0 Å². The number of likely N-dealkylation sites (tertiary alicyclic amines) is 1. The summed E-state index contributed by atoms with van der Waals surface area (Å²) in [7, 11) is -3.97. The van der Waals surface area contributed by atoms with Crippen LogP contribution in [0.2, 0.25) is 0 Å². The Hall–Kier alpha value is -5.00. The minimum atomic E-state index is -3.97. The van der Waals surface area contributed by atoms with Crippen molar-refractivity contribution in [1.82, 2.24) is 30.5 Å². The maximum atomic E-state index is 14.4. The molecule has 53 heavy (non-hydrogen) atoms. The monoisotopic (exact) mass is 758 g/mol. The van der Waals surface area contributed by atoms with Crippen molar-refractivity contribution in [3.05, 3.63) is 60.5 Å². The van der Waals surface area contributed by atoms with E-state index in [-0.39, 0.29) is 38.6 Å². The van der Waals surface area contributed by atoms with E-state index in [1.165, 1.54) is 23.1 Å². The maximum absolute atomic E-state index is 14.4. The fourth-order valence-electron chi connectivity index (χ4n) is 7.13. The summed E-state index contributed by atoms with van der Waals surface area (Å²) in [5, 5.41) is 6.89. The van der Waals surface area contributed by atoms with Crippen molar-refractivity contribution in [2.24, 2.45) is 5.92 Å². The molecule has 18 heteroatoms. The second-order valence-electron chi connectivity index (χ2n) is 14.1. The largest absolute Gasteiger partial charge is 0.446 e.